The van der Waals surface area contributed by atoms with Crippen molar-refractivity contribution in [3.63, 3.8) is 0 Å². The van der Waals surface area contributed by atoms with Crippen LogP contribution in [0.4, 0.5) is 0 Å². The molecule has 0 bridgehead atoms. The highest BCUT2D eigenvalue weighted by Gasteiger charge is 2.38. The van der Waals surface area contributed by atoms with E-state index in [2.05, 4.69) is 52.0 Å². The van der Waals surface area contributed by atoms with Crippen LogP contribution in [0.25, 0.3) is 0 Å². The average molecular weight is 230 g/mol. The molecule has 0 spiro atoms. The van der Waals surface area contributed by atoms with Gasteiger partial charge in [0.1, 0.15) is 5.78 Å². The zero-order valence-corrected chi connectivity index (χ0v) is 11.3. The van der Waals surface area contributed by atoms with Crippen molar-refractivity contribution in [1.82, 2.24) is 0 Å². The molecule has 0 aliphatic heterocycles. The molecular weight excluding hydrogens is 208 g/mol. The molecule has 2 rings (SSSR count). The van der Waals surface area contributed by atoms with Crippen molar-refractivity contribution in [3.8, 4) is 0 Å². The summed E-state index contributed by atoms with van der Waals surface area (Å²) < 4.78 is 0. The number of carbonyl (C=O) groups is 1. The Kier molecular flexibility index (Phi) is 2.89. The van der Waals surface area contributed by atoms with Crippen molar-refractivity contribution in [3.05, 3.63) is 35.4 Å². The minimum absolute atomic E-state index is 0.180. The summed E-state index contributed by atoms with van der Waals surface area (Å²) in [6, 6.07) is 8.63. The van der Waals surface area contributed by atoms with Gasteiger partial charge in [-0.3, -0.25) is 4.79 Å². The summed E-state index contributed by atoms with van der Waals surface area (Å²) in [5.74, 6) is 0.404. The molecule has 1 aromatic carbocycles. The third-order valence-corrected chi connectivity index (χ3v) is 4.08. The largest absolute Gasteiger partial charge is 0.299 e. The van der Waals surface area contributed by atoms with Crippen LogP contribution in [0.3, 0.4) is 0 Å². The third kappa shape index (κ3) is 2.15. The highest BCUT2D eigenvalue weighted by Crippen LogP contribution is 2.38. The lowest BCUT2D eigenvalue weighted by atomic mass is 9.78. The summed E-state index contributed by atoms with van der Waals surface area (Å²) in [5.41, 5.74) is 2.47. The van der Waals surface area contributed by atoms with Crippen LogP contribution in [-0.2, 0) is 15.6 Å². The van der Waals surface area contributed by atoms with Gasteiger partial charge in [-0.2, -0.15) is 0 Å². The Labute approximate surface area is 104 Å². The van der Waals surface area contributed by atoms with Crippen molar-refractivity contribution < 1.29 is 4.79 Å². The molecule has 1 atom stereocenters. The number of hydrogen-bond acceptors (Lipinski definition) is 1. The molecule has 1 heteroatoms. The summed E-state index contributed by atoms with van der Waals surface area (Å²) in [4.78, 5) is 12.0. The lowest BCUT2D eigenvalue weighted by molar-refractivity contribution is -0.121. The molecule has 17 heavy (non-hydrogen) atoms. The zero-order valence-electron chi connectivity index (χ0n) is 11.3. The molecule has 0 saturated heterocycles. The van der Waals surface area contributed by atoms with E-state index in [1.165, 1.54) is 11.1 Å². The Morgan fingerprint density at radius 1 is 1.12 bits per heavy atom. The van der Waals surface area contributed by atoms with Gasteiger partial charge in [0.25, 0.3) is 0 Å². The molecule has 0 N–H and O–H groups in total. The zero-order chi connectivity index (χ0) is 12.7. The third-order valence-electron chi connectivity index (χ3n) is 4.08. The first-order valence-corrected chi connectivity index (χ1v) is 6.48. The van der Waals surface area contributed by atoms with E-state index in [0.29, 0.717) is 5.78 Å². The van der Waals surface area contributed by atoms with E-state index in [9.17, 15) is 4.79 Å². The molecule has 1 aliphatic carbocycles. The van der Waals surface area contributed by atoms with E-state index in [1.807, 2.05) is 0 Å². The molecular formula is C16H22O. The fraction of sp³-hybridized carbons (Fsp3) is 0.562. The van der Waals surface area contributed by atoms with Crippen LogP contribution in [0.1, 0.15) is 58.1 Å². The molecule has 1 aliphatic rings. The van der Waals surface area contributed by atoms with Gasteiger partial charge in [-0.05, 0) is 36.3 Å². The second-order valence-corrected chi connectivity index (χ2v) is 6.44. The van der Waals surface area contributed by atoms with Crippen LogP contribution < -0.4 is 0 Å². The summed E-state index contributed by atoms with van der Waals surface area (Å²) in [7, 11) is 0. The van der Waals surface area contributed by atoms with Crippen molar-refractivity contribution in [1.29, 1.82) is 0 Å². The number of rotatable bonds is 1. The van der Waals surface area contributed by atoms with Gasteiger partial charge in [0.05, 0.1) is 5.41 Å². The lowest BCUT2D eigenvalue weighted by Crippen LogP contribution is -2.26. The molecule has 0 amide bonds. The lowest BCUT2D eigenvalue weighted by Gasteiger charge is -2.25. The van der Waals surface area contributed by atoms with Crippen LogP contribution >= 0.6 is 0 Å². The average Bonchev–Trinajstić information content (AvgIpc) is 2.60. The Bertz CT molecular complexity index is 422. The maximum Gasteiger partial charge on any atom is 0.143 e. The predicted molar refractivity (Wildman–Crippen MR) is 71.4 cm³/mol. The molecule has 1 unspecified atom stereocenters. The van der Waals surface area contributed by atoms with Gasteiger partial charge in [-0.25, -0.2) is 0 Å². The number of carbonyl (C=O) groups excluding carboxylic acids is 1. The maximum absolute atomic E-state index is 12.0. The Morgan fingerprint density at radius 2 is 1.71 bits per heavy atom. The van der Waals surface area contributed by atoms with E-state index in [1.54, 1.807) is 0 Å². The van der Waals surface area contributed by atoms with E-state index in [0.717, 1.165) is 19.3 Å². The van der Waals surface area contributed by atoms with Gasteiger partial charge < -0.3 is 0 Å². The molecule has 0 heterocycles. The highest BCUT2D eigenvalue weighted by molar-refractivity contribution is 5.91. The summed E-state index contributed by atoms with van der Waals surface area (Å²) in [6.45, 7) is 8.73. The predicted octanol–water partition coefficient (Wildman–Crippen LogP) is 3.99. The molecule has 1 fully saturated rings. The molecule has 92 valence electrons. The van der Waals surface area contributed by atoms with Gasteiger partial charge in [-0.15, -0.1) is 0 Å². The number of benzene rings is 1. The first-order valence-electron chi connectivity index (χ1n) is 6.48. The van der Waals surface area contributed by atoms with Crippen molar-refractivity contribution in [2.24, 2.45) is 0 Å². The van der Waals surface area contributed by atoms with Crippen molar-refractivity contribution in [2.45, 2.75) is 57.8 Å². The highest BCUT2D eigenvalue weighted by atomic mass is 16.1. The van der Waals surface area contributed by atoms with E-state index >= 15 is 0 Å². The van der Waals surface area contributed by atoms with Crippen molar-refractivity contribution >= 4 is 5.78 Å². The van der Waals surface area contributed by atoms with Crippen LogP contribution in [0.2, 0.25) is 0 Å². The Morgan fingerprint density at radius 3 is 2.12 bits per heavy atom. The van der Waals surface area contributed by atoms with Crippen LogP contribution in [0.5, 0.6) is 0 Å². The standard InChI is InChI=1S/C16H22O/c1-15(2,3)12-7-9-13(10-8-12)16(4)11-5-6-14(16)17/h7-10H,5-6,11H2,1-4H3. The fourth-order valence-electron chi connectivity index (χ4n) is 2.66. The van der Waals surface area contributed by atoms with Gasteiger partial charge in [0.2, 0.25) is 0 Å². The molecule has 1 aromatic rings. The van der Waals surface area contributed by atoms with E-state index in [4.69, 9.17) is 0 Å². The van der Waals surface area contributed by atoms with Crippen LogP contribution in [0, 0.1) is 0 Å². The second kappa shape index (κ2) is 3.97. The Balaban J connectivity index is 2.33. The van der Waals surface area contributed by atoms with E-state index in [-0.39, 0.29) is 10.8 Å². The minimum atomic E-state index is -0.226. The van der Waals surface area contributed by atoms with Crippen molar-refractivity contribution in [2.75, 3.05) is 0 Å². The van der Waals surface area contributed by atoms with Crippen LogP contribution in [-0.4, -0.2) is 5.78 Å². The van der Waals surface area contributed by atoms with Gasteiger partial charge in [0, 0.05) is 6.42 Å². The van der Waals surface area contributed by atoms with Gasteiger partial charge in [-0.1, -0.05) is 45.0 Å². The number of hydrogen-bond donors (Lipinski definition) is 0. The first-order chi connectivity index (χ1) is 7.84. The fourth-order valence-corrected chi connectivity index (χ4v) is 2.66. The minimum Gasteiger partial charge on any atom is -0.299 e. The molecule has 0 aromatic heterocycles. The molecule has 0 radical (unpaired) electrons. The maximum atomic E-state index is 12.0. The number of Topliss-reactive ketones (excluding diaryl/α,β-unsaturated/α-hetero) is 1. The first kappa shape index (κ1) is 12.3. The molecule has 1 nitrogen and oxygen atoms in total. The monoisotopic (exact) mass is 230 g/mol. The number of ketones is 1. The normalized spacial score (nSPS) is 25.3. The van der Waals surface area contributed by atoms with Gasteiger partial charge in [0.15, 0.2) is 0 Å². The Hall–Kier alpha value is -1.11. The summed E-state index contributed by atoms with van der Waals surface area (Å²) >= 11 is 0. The smallest absolute Gasteiger partial charge is 0.143 e. The topological polar surface area (TPSA) is 17.1 Å². The molecule has 1 saturated carbocycles. The summed E-state index contributed by atoms with van der Waals surface area (Å²) in [6.07, 6.45) is 2.79. The quantitative estimate of drug-likeness (QED) is 0.713. The SMILES string of the molecule is CC(C)(C)c1ccc(C2(C)CCCC2=O)cc1. The summed E-state index contributed by atoms with van der Waals surface area (Å²) in [5, 5.41) is 0. The van der Waals surface area contributed by atoms with E-state index < -0.39 is 0 Å². The van der Waals surface area contributed by atoms with Crippen LogP contribution in [0.15, 0.2) is 24.3 Å². The second-order valence-electron chi connectivity index (χ2n) is 6.44. The van der Waals surface area contributed by atoms with Gasteiger partial charge >= 0.3 is 0 Å².